The predicted molar refractivity (Wildman–Crippen MR) is 58.3 cm³/mol. The number of ether oxygens (including phenoxy) is 1. The molecule has 0 atom stereocenters. The first kappa shape index (κ1) is 12.6. The lowest BCUT2D eigenvalue weighted by molar-refractivity contribution is 0.0599. The minimum absolute atomic E-state index is 0.0640. The normalized spacial score (nSPS) is 11.3. The molecule has 0 aliphatic heterocycles. The summed E-state index contributed by atoms with van der Waals surface area (Å²) in [6.07, 6.45) is 0. The topological polar surface area (TPSA) is 26.3 Å². The van der Waals surface area contributed by atoms with Crippen LogP contribution in [0.15, 0.2) is 22.7 Å². The summed E-state index contributed by atoms with van der Waals surface area (Å²) < 4.78 is 30.6. The first-order valence-electron chi connectivity index (χ1n) is 3.81. The fraction of sp³-hybridized carbons (Fsp3) is 0.222. The lowest BCUT2D eigenvalue weighted by Crippen LogP contribution is -2.07. The number of methoxy groups -OCH3 is 1. The van der Waals surface area contributed by atoms with Crippen molar-refractivity contribution in [2.45, 2.75) is 4.83 Å². The summed E-state index contributed by atoms with van der Waals surface area (Å²) in [6.45, 7) is 0. The summed E-state index contributed by atoms with van der Waals surface area (Å²) in [7, 11) is 1.19. The van der Waals surface area contributed by atoms with Gasteiger partial charge in [-0.1, -0.05) is 6.07 Å². The van der Waals surface area contributed by atoms with Gasteiger partial charge in [-0.15, -0.1) is 0 Å². The van der Waals surface area contributed by atoms with Crippen LogP contribution in [0.5, 0.6) is 0 Å². The molecule has 0 spiro atoms. The number of carbonyl (C=O) groups is 1. The number of esters is 1. The van der Waals surface area contributed by atoms with Gasteiger partial charge in [0.2, 0.25) is 0 Å². The highest BCUT2D eigenvalue weighted by Crippen LogP contribution is 2.36. The molecular formula is C9H6Br2F2O2. The fourth-order valence-corrected chi connectivity index (χ4v) is 1.62. The van der Waals surface area contributed by atoms with Gasteiger partial charge in [0.15, 0.2) is 0 Å². The maximum atomic E-state index is 12.9. The van der Waals surface area contributed by atoms with Crippen LogP contribution in [-0.2, 0) is 9.57 Å². The van der Waals surface area contributed by atoms with Gasteiger partial charge in [-0.25, -0.2) is 4.79 Å². The summed E-state index contributed by atoms with van der Waals surface area (Å²) in [4.78, 5) is 8.04. The van der Waals surface area contributed by atoms with Crippen molar-refractivity contribution in [3.63, 3.8) is 0 Å². The smallest absolute Gasteiger partial charge is 0.339 e. The average molecular weight is 344 g/mol. The van der Waals surface area contributed by atoms with Gasteiger partial charge in [0.05, 0.1) is 12.7 Å². The van der Waals surface area contributed by atoms with Crippen molar-refractivity contribution in [3.8, 4) is 0 Å². The summed E-state index contributed by atoms with van der Waals surface area (Å²) in [5.41, 5.74) is -0.236. The molecule has 15 heavy (non-hydrogen) atoms. The molecule has 0 fully saturated rings. The van der Waals surface area contributed by atoms with Crippen LogP contribution >= 0.6 is 31.9 Å². The van der Waals surface area contributed by atoms with E-state index in [-0.39, 0.29) is 11.1 Å². The molecule has 82 valence electrons. The number of alkyl halides is 3. The molecule has 6 heteroatoms. The summed E-state index contributed by atoms with van der Waals surface area (Å²) in [5, 5.41) is 0. The van der Waals surface area contributed by atoms with E-state index in [0.717, 1.165) is 6.07 Å². The number of hydrogen-bond donors (Lipinski definition) is 0. The third kappa shape index (κ3) is 2.98. The van der Waals surface area contributed by atoms with Gasteiger partial charge in [0, 0.05) is 10.0 Å². The van der Waals surface area contributed by atoms with Gasteiger partial charge in [0.25, 0.3) is 0 Å². The van der Waals surface area contributed by atoms with Crippen LogP contribution in [0.25, 0.3) is 0 Å². The van der Waals surface area contributed by atoms with Crippen molar-refractivity contribution < 1.29 is 18.3 Å². The number of rotatable bonds is 2. The largest absolute Gasteiger partial charge is 0.465 e. The Bertz CT molecular complexity index is 388. The van der Waals surface area contributed by atoms with Gasteiger partial charge < -0.3 is 4.74 Å². The van der Waals surface area contributed by atoms with E-state index in [4.69, 9.17) is 0 Å². The Labute approximate surface area is 102 Å². The standard InChI is InChI=1S/C9H6Br2F2O2/c1-15-8(14)6-4-5(9(11,12)13)2-3-7(6)10/h2-4H,1H3. The van der Waals surface area contributed by atoms with E-state index in [0.29, 0.717) is 4.47 Å². The minimum atomic E-state index is -3.16. The highest BCUT2D eigenvalue weighted by molar-refractivity contribution is 9.10. The third-order valence-corrected chi connectivity index (χ3v) is 2.85. The van der Waals surface area contributed by atoms with Crippen LogP contribution < -0.4 is 0 Å². The lowest BCUT2D eigenvalue weighted by atomic mass is 10.1. The molecule has 0 saturated heterocycles. The second-order valence-electron chi connectivity index (χ2n) is 2.68. The third-order valence-electron chi connectivity index (χ3n) is 1.70. The number of carbonyl (C=O) groups excluding carboxylic acids is 1. The average Bonchev–Trinajstić information content (AvgIpc) is 2.15. The summed E-state index contributed by atoms with van der Waals surface area (Å²) in [5.74, 6) is -0.666. The molecule has 0 aliphatic rings. The molecule has 0 aliphatic carbocycles. The van der Waals surface area contributed by atoms with E-state index in [2.05, 4.69) is 36.6 Å². The van der Waals surface area contributed by atoms with Crippen LogP contribution in [0.2, 0.25) is 0 Å². The van der Waals surface area contributed by atoms with Crippen LogP contribution in [0.4, 0.5) is 8.78 Å². The quantitative estimate of drug-likeness (QED) is 0.605. The maximum Gasteiger partial charge on any atom is 0.339 e. The molecule has 0 radical (unpaired) electrons. The highest BCUT2D eigenvalue weighted by Gasteiger charge is 2.28. The zero-order chi connectivity index (χ0) is 11.6. The Morgan fingerprint density at radius 3 is 2.53 bits per heavy atom. The van der Waals surface area contributed by atoms with Crippen molar-refractivity contribution in [1.29, 1.82) is 0 Å². The zero-order valence-corrected chi connectivity index (χ0v) is 10.7. The van der Waals surface area contributed by atoms with E-state index in [1.807, 2.05) is 0 Å². The molecule has 0 bridgehead atoms. The Kier molecular flexibility index (Phi) is 3.83. The Morgan fingerprint density at radius 1 is 1.47 bits per heavy atom. The van der Waals surface area contributed by atoms with Gasteiger partial charge in [0.1, 0.15) is 0 Å². The molecule has 0 N–H and O–H groups in total. The molecule has 1 aromatic rings. The monoisotopic (exact) mass is 342 g/mol. The maximum absolute atomic E-state index is 12.9. The number of hydrogen-bond acceptors (Lipinski definition) is 2. The van der Waals surface area contributed by atoms with Crippen LogP contribution in [0, 0.1) is 0 Å². The second-order valence-corrected chi connectivity index (χ2v) is 4.53. The Balaban J connectivity index is 3.23. The minimum Gasteiger partial charge on any atom is -0.465 e. The van der Waals surface area contributed by atoms with Crippen molar-refractivity contribution >= 4 is 37.8 Å². The first-order chi connectivity index (χ1) is 6.86. The number of benzene rings is 1. The molecule has 1 rings (SSSR count). The van der Waals surface area contributed by atoms with E-state index in [9.17, 15) is 13.6 Å². The van der Waals surface area contributed by atoms with Crippen LogP contribution in [0.1, 0.15) is 15.9 Å². The van der Waals surface area contributed by atoms with Gasteiger partial charge >= 0.3 is 10.8 Å². The second kappa shape index (κ2) is 4.57. The Morgan fingerprint density at radius 2 is 2.07 bits per heavy atom. The van der Waals surface area contributed by atoms with E-state index in [1.165, 1.54) is 19.2 Å². The van der Waals surface area contributed by atoms with E-state index < -0.39 is 10.8 Å². The summed E-state index contributed by atoms with van der Waals surface area (Å²) in [6, 6.07) is 3.66. The van der Waals surface area contributed by atoms with E-state index in [1.54, 1.807) is 0 Å². The molecule has 0 heterocycles. The van der Waals surface area contributed by atoms with Gasteiger partial charge in [-0.3, -0.25) is 0 Å². The molecule has 0 amide bonds. The lowest BCUT2D eigenvalue weighted by Gasteiger charge is -2.10. The molecule has 2 nitrogen and oxygen atoms in total. The van der Waals surface area contributed by atoms with Crippen LogP contribution in [-0.4, -0.2) is 13.1 Å². The molecule has 0 saturated carbocycles. The van der Waals surface area contributed by atoms with E-state index >= 15 is 0 Å². The zero-order valence-electron chi connectivity index (χ0n) is 7.56. The predicted octanol–water partition coefficient (Wildman–Crippen LogP) is 3.68. The SMILES string of the molecule is COC(=O)c1cc(C(F)(F)Br)ccc1Br. The Hall–Kier alpha value is -0.490. The molecular weight excluding hydrogens is 338 g/mol. The van der Waals surface area contributed by atoms with Crippen molar-refractivity contribution in [3.05, 3.63) is 33.8 Å². The van der Waals surface area contributed by atoms with Gasteiger partial charge in [-0.05, 0) is 44.0 Å². The van der Waals surface area contributed by atoms with Crippen LogP contribution in [0.3, 0.4) is 0 Å². The molecule has 0 unspecified atom stereocenters. The van der Waals surface area contributed by atoms with Crippen molar-refractivity contribution in [1.82, 2.24) is 0 Å². The van der Waals surface area contributed by atoms with Gasteiger partial charge in [-0.2, -0.15) is 8.78 Å². The number of halogens is 4. The highest BCUT2D eigenvalue weighted by atomic mass is 79.9. The summed E-state index contributed by atoms with van der Waals surface area (Å²) >= 11 is 5.29. The molecule has 1 aromatic carbocycles. The fourth-order valence-electron chi connectivity index (χ4n) is 0.968. The molecule has 0 aromatic heterocycles. The van der Waals surface area contributed by atoms with Crippen molar-refractivity contribution in [2.24, 2.45) is 0 Å². The van der Waals surface area contributed by atoms with Crippen molar-refractivity contribution in [2.75, 3.05) is 7.11 Å². The first-order valence-corrected chi connectivity index (χ1v) is 5.40.